The SMILES string of the molecule is COC1=CC=C(F)CC1(C)CC1(NC(=O)c2cc(-c3ccccc3)ccn2)CC1. The van der Waals surface area contributed by atoms with Crippen LogP contribution in [0.1, 0.15) is 43.1 Å². The molecule has 1 amide bonds. The van der Waals surface area contributed by atoms with Crippen LogP contribution in [0, 0.1) is 5.41 Å². The van der Waals surface area contributed by atoms with E-state index in [1.807, 2.05) is 49.4 Å². The molecular weight excluding hydrogens is 367 g/mol. The first-order chi connectivity index (χ1) is 13.9. The van der Waals surface area contributed by atoms with Gasteiger partial charge in [0.1, 0.15) is 17.3 Å². The summed E-state index contributed by atoms with van der Waals surface area (Å²) in [5.41, 5.74) is 1.56. The van der Waals surface area contributed by atoms with E-state index in [1.54, 1.807) is 19.4 Å². The fourth-order valence-corrected chi connectivity index (χ4v) is 4.26. The van der Waals surface area contributed by atoms with Gasteiger partial charge in [0.25, 0.3) is 5.91 Å². The largest absolute Gasteiger partial charge is 0.501 e. The number of allylic oxidation sites excluding steroid dienone is 4. The molecule has 0 spiro atoms. The highest BCUT2D eigenvalue weighted by molar-refractivity contribution is 5.94. The van der Waals surface area contributed by atoms with E-state index in [0.29, 0.717) is 12.1 Å². The molecule has 0 aliphatic heterocycles. The van der Waals surface area contributed by atoms with E-state index in [-0.39, 0.29) is 23.7 Å². The number of hydrogen-bond donors (Lipinski definition) is 1. The van der Waals surface area contributed by atoms with Crippen molar-refractivity contribution < 1.29 is 13.9 Å². The Morgan fingerprint density at radius 3 is 2.62 bits per heavy atom. The summed E-state index contributed by atoms with van der Waals surface area (Å²) in [5, 5.41) is 3.17. The van der Waals surface area contributed by atoms with E-state index < -0.39 is 5.41 Å². The van der Waals surface area contributed by atoms with Gasteiger partial charge in [0.15, 0.2) is 0 Å². The van der Waals surface area contributed by atoms with Gasteiger partial charge in [-0.05, 0) is 54.7 Å². The molecule has 4 nitrogen and oxygen atoms in total. The van der Waals surface area contributed by atoms with Crippen molar-refractivity contribution in [2.24, 2.45) is 5.41 Å². The number of nitrogens with zero attached hydrogens (tertiary/aromatic N) is 1. The number of nitrogens with one attached hydrogen (secondary N) is 1. The van der Waals surface area contributed by atoms with Gasteiger partial charge in [0.2, 0.25) is 0 Å². The lowest BCUT2D eigenvalue weighted by atomic mass is 9.75. The molecule has 1 unspecified atom stereocenters. The Labute approximate surface area is 170 Å². The molecule has 0 bridgehead atoms. The van der Waals surface area contributed by atoms with Gasteiger partial charge in [0, 0.05) is 23.6 Å². The Balaban J connectivity index is 1.50. The van der Waals surface area contributed by atoms with Crippen molar-refractivity contribution >= 4 is 5.91 Å². The fourth-order valence-electron chi connectivity index (χ4n) is 4.26. The monoisotopic (exact) mass is 392 g/mol. The van der Waals surface area contributed by atoms with Crippen LogP contribution in [0.25, 0.3) is 11.1 Å². The Hall–Kier alpha value is -2.95. The van der Waals surface area contributed by atoms with Crippen LogP contribution in [0.5, 0.6) is 0 Å². The minimum atomic E-state index is -0.476. The summed E-state index contributed by atoms with van der Waals surface area (Å²) >= 11 is 0. The van der Waals surface area contributed by atoms with Crippen molar-refractivity contribution in [2.45, 2.75) is 38.1 Å². The summed E-state index contributed by atoms with van der Waals surface area (Å²) in [6.07, 6.45) is 7.46. The summed E-state index contributed by atoms with van der Waals surface area (Å²) in [4.78, 5) is 17.2. The Bertz CT molecular complexity index is 979. The van der Waals surface area contributed by atoms with Crippen molar-refractivity contribution in [3.8, 4) is 11.1 Å². The molecule has 1 saturated carbocycles. The van der Waals surface area contributed by atoms with E-state index >= 15 is 0 Å². The lowest BCUT2D eigenvalue weighted by Crippen LogP contribution is -2.42. The minimum Gasteiger partial charge on any atom is -0.501 e. The number of methoxy groups -OCH3 is 1. The number of aromatic nitrogens is 1. The summed E-state index contributed by atoms with van der Waals surface area (Å²) in [6.45, 7) is 2.00. The predicted octanol–water partition coefficient (Wildman–Crippen LogP) is 5.19. The fraction of sp³-hybridized carbons (Fsp3) is 0.333. The van der Waals surface area contributed by atoms with Crippen molar-refractivity contribution in [3.05, 3.63) is 78.1 Å². The predicted molar refractivity (Wildman–Crippen MR) is 111 cm³/mol. The summed E-state index contributed by atoms with van der Waals surface area (Å²) in [5.74, 6) is 0.398. The number of benzene rings is 1. The topological polar surface area (TPSA) is 51.2 Å². The zero-order chi connectivity index (χ0) is 20.5. The maximum absolute atomic E-state index is 14.0. The number of hydrogen-bond acceptors (Lipinski definition) is 3. The number of carbonyl (C=O) groups excluding carboxylic acids is 1. The summed E-state index contributed by atoms with van der Waals surface area (Å²) in [7, 11) is 1.61. The van der Waals surface area contributed by atoms with Crippen molar-refractivity contribution in [1.82, 2.24) is 10.3 Å². The lowest BCUT2D eigenvalue weighted by Gasteiger charge is -2.36. The third-order valence-electron chi connectivity index (χ3n) is 5.85. The average Bonchev–Trinajstić information content (AvgIpc) is 3.46. The van der Waals surface area contributed by atoms with Crippen LogP contribution in [0.15, 0.2) is 72.4 Å². The van der Waals surface area contributed by atoms with Gasteiger partial charge in [-0.15, -0.1) is 0 Å². The quantitative estimate of drug-likeness (QED) is 0.736. The van der Waals surface area contributed by atoms with Gasteiger partial charge in [0.05, 0.1) is 7.11 Å². The Kier molecular flexibility index (Phi) is 4.99. The van der Waals surface area contributed by atoms with Gasteiger partial charge in [-0.25, -0.2) is 4.39 Å². The highest BCUT2D eigenvalue weighted by Gasteiger charge is 2.51. The van der Waals surface area contributed by atoms with Crippen molar-refractivity contribution in [2.75, 3.05) is 7.11 Å². The van der Waals surface area contributed by atoms with Gasteiger partial charge in [-0.1, -0.05) is 37.3 Å². The number of amides is 1. The highest BCUT2D eigenvalue weighted by atomic mass is 19.1. The van der Waals surface area contributed by atoms with Gasteiger partial charge in [-0.2, -0.15) is 0 Å². The van der Waals surface area contributed by atoms with Crippen molar-refractivity contribution in [3.63, 3.8) is 0 Å². The van der Waals surface area contributed by atoms with E-state index in [4.69, 9.17) is 4.74 Å². The van der Waals surface area contributed by atoms with E-state index in [2.05, 4.69) is 10.3 Å². The van der Waals surface area contributed by atoms with Gasteiger partial charge < -0.3 is 10.1 Å². The van der Waals surface area contributed by atoms with Crippen LogP contribution < -0.4 is 5.32 Å². The summed E-state index contributed by atoms with van der Waals surface area (Å²) < 4.78 is 19.5. The number of pyridine rings is 1. The second-order valence-corrected chi connectivity index (χ2v) is 8.29. The molecule has 29 heavy (non-hydrogen) atoms. The molecule has 0 saturated heterocycles. The lowest BCUT2D eigenvalue weighted by molar-refractivity contribution is 0.0893. The highest BCUT2D eigenvalue weighted by Crippen LogP contribution is 2.51. The van der Waals surface area contributed by atoms with Crippen LogP contribution in [-0.4, -0.2) is 23.5 Å². The molecule has 1 fully saturated rings. The number of rotatable bonds is 6. The molecule has 2 aliphatic carbocycles. The number of carbonyl (C=O) groups is 1. The first-order valence-corrected chi connectivity index (χ1v) is 9.88. The normalized spacial score (nSPS) is 22.3. The van der Waals surface area contributed by atoms with E-state index in [1.165, 1.54) is 6.08 Å². The summed E-state index contributed by atoms with van der Waals surface area (Å²) in [6, 6.07) is 13.6. The van der Waals surface area contributed by atoms with Gasteiger partial charge >= 0.3 is 0 Å². The second kappa shape index (κ2) is 7.47. The average molecular weight is 392 g/mol. The van der Waals surface area contributed by atoms with E-state index in [9.17, 15) is 9.18 Å². The molecule has 5 heteroatoms. The van der Waals surface area contributed by atoms with Crippen LogP contribution in [0.3, 0.4) is 0 Å². The maximum atomic E-state index is 14.0. The Morgan fingerprint density at radius 1 is 1.17 bits per heavy atom. The van der Waals surface area contributed by atoms with Crippen LogP contribution in [-0.2, 0) is 4.74 Å². The van der Waals surface area contributed by atoms with Crippen LogP contribution >= 0.6 is 0 Å². The molecule has 2 aliphatic rings. The molecule has 0 radical (unpaired) electrons. The molecule has 1 heterocycles. The molecule has 1 aromatic carbocycles. The van der Waals surface area contributed by atoms with Crippen LogP contribution in [0.4, 0.5) is 4.39 Å². The molecule has 150 valence electrons. The van der Waals surface area contributed by atoms with Gasteiger partial charge in [-0.3, -0.25) is 9.78 Å². The molecule has 4 rings (SSSR count). The maximum Gasteiger partial charge on any atom is 0.270 e. The third kappa shape index (κ3) is 4.09. The molecule has 1 N–H and O–H groups in total. The standard InChI is InChI=1S/C24H25FN2O2/c1-23(15-19(25)8-9-21(23)29-2)16-24(11-12-24)27-22(28)20-14-18(10-13-26-20)17-6-4-3-5-7-17/h3-10,13-14H,11-12,15-16H2,1-2H3,(H,27,28). The molecule has 1 aromatic heterocycles. The molecule has 1 atom stereocenters. The zero-order valence-corrected chi connectivity index (χ0v) is 16.7. The van der Waals surface area contributed by atoms with E-state index in [0.717, 1.165) is 29.7 Å². The number of halogens is 1. The first kappa shape index (κ1) is 19.4. The molecule has 2 aromatic rings. The molecular formula is C24H25FN2O2. The number of ether oxygens (including phenoxy) is 1. The third-order valence-corrected chi connectivity index (χ3v) is 5.85. The first-order valence-electron chi connectivity index (χ1n) is 9.88. The van der Waals surface area contributed by atoms with Crippen LogP contribution in [0.2, 0.25) is 0 Å². The smallest absolute Gasteiger partial charge is 0.270 e. The Morgan fingerprint density at radius 2 is 1.93 bits per heavy atom. The zero-order valence-electron chi connectivity index (χ0n) is 16.7. The second-order valence-electron chi connectivity index (χ2n) is 8.29. The van der Waals surface area contributed by atoms with Crippen molar-refractivity contribution in [1.29, 1.82) is 0 Å². The minimum absolute atomic E-state index is 0.160.